The number of hydrogen-bond acceptors (Lipinski definition) is 4. The molecular formula is C24H16ClF3N4O2. The van der Waals surface area contributed by atoms with Crippen LogP contribution in [0.1, 0.15) is 0 Å². The maximum absolute atomic E-state index is 13.7. The number of alkyl halides is 3. The molecule has 2 aromatic carbocycles. The van der Waals surface area contributed by atoms with Gasteiger partial charge >= 0.3 is 6.43 Å². The third-order valence-electron chi connectivity index (χ3n) is 5.39. The van der Waals surface area contributed by atoms with Crippen LogP contribution in [-0.4, -0.2) is 31.9 Å². The summed E-state index contributed by atoms with van der Waals surface area (Å²) in [5, 5.41) is 0.995. The summed E-state index contributed by atoms with van der Waals surface area (Å²) in [4.78, 5) is 22.2. The standard InChI is InChI=1S/C24H16ClF3N4O2/c1-31-12-29-17-8-7-16(10-18(17)31)32-11-14-4-9-19(34-23(28)22(26)27)30-21(14)20(24(32)33)13-2-5-15(25)6-3-13/h2-12,22-23H,1H3. The minimum atomic E-state index is -3.33. The summed E-state index contributed by atoms with van der Waals surface area (Å²) in [5.41, 5.74) is 2.68. The number of fused-ring (bicyclic) bond motifs is 2. The van der Waals surface area contributed by atoms with Gasteiger partial charge in [-0.1, -0.05) is 23.7 Å². The van der Waals surface area contributed by atoms with E-state index in [-0.39, 0.29) is 17.0 Å². The fourth-order valence-electron chi connectivity index (χ4n) is 3.74. The van der Waals surface area contributed by atoms with E-state index in [1.54, 1.807) is 42.9 Å². The third-order valence-corrected chi connectivity index (χ3v) is 5.64. The van der Waals surface area contributed by atoms with Crippen LogP contribution in [0.5, 0.6) is 5.88 Å². The lowest BCUT2D eigenvalue weighted by atomic mass is 10.0. The molecule has 0 saturated carbocycles. The first-order chi connectivity index (χ1) is 16.3. The van der Waals surface area contributed by atoms with Crippen molar-refractivity contribution in [2.75, 3.05) is 0 Å². The lowest BCUT2D eigenvalue weighted by Crippen LogP contribution is -2.22. The Morgan fingerprint density at radius 1 is 1.03 bits per heavy atom. The smallest absolute Gasteiger partial charge is 0.304 e. The summed E-state index contributed by atoms with van der Waals surface area (Å²) < 4.78 is 46.7. The van der Waals surface area contributed by atoms with Gasteiger partial charge in [0.15, 0.2) is 0 Å². The second-order valence-corrected chi connectivity index (χ2v) is 8.04. The monoisotopic (exact) mass is 484 g/mol. The maximum atomic E-state index is 13.7. The van der Waals surface area contributed by atoms with Gasteiger partial charge in [-0.2, -0.15) is 4.39 Å². The molecule has 1 unspecified atom stereocenters. The average molecular weight is 485 g/mol. The summed E-state index contributed by atoms with van der Waals surface area (Å²) in [5.74, 6) is -0.357. The molecule has 0 radical (unpaired) electrons. The van der Waals surface area contributed by atoms with Crippen LogP contribution in [0.4, 0.5) is 13.2 Å². The van der Waals surface area contributed by atoms with Gasteiger partial charge in [0.2, 0.25) is 5.88 Å². The Morgan fingerprint density at radius 2 is 1.79 bits per heavy atom. The van der Waals surface area contributed by atoms with Crippen LogP contribution < -0.4 is 10.3 Å². The molecule has 0 aliphatic heterocycles. The molecule has 0 fully saturated rings. The molecule has 3 heterocycles. The van der Waals surface area contributed by atoms with Gasteiger partial charge in [-0.25, -0.2) is 18.7 Å². The summed E-state index contributed by atoms with van der Waals surface area (Å²) in [6, 6.07) is 14.8. The normalized spacial score (nSPS) is 12.5. The molecule has 1 atom stereocenters. The Labute approximate surface area is 195 Å². The molecule has 172 valence electrons. The van der Waals surface area contributed by atoms with Crippen LogP contribution in [0.25, 0.3) is 38.8 Å². The van der Waals surface area contributed by atoms with E-state index >= 15 is 0 Å². The van der Waals surface area contributed by atoms with Gasteiger partial charge in [-0.15, -0.1) is 0 Å². The Hall–Kier alpha value is -3.85. The number of ether oxygens (including phenoxy) is 1. The Kier molecular flexibility index (Phi) is 5.49. The maximum Gasteiger partial charge on any atom is 0.304 e. The summed E-state index contributed by atoms with van der Waals surface area (Å²) >= 11 is 6.02. The van der Waals surface area contributed by atoms with Crippen molar-refractivity contribution in [1.82, 2.24) is 19.1 Å². The second-order valence-electron chi connectivity index (χ2n) is 7.61. The number of nitrogens with zero attached hydrogens (tertiary/aromatic N) is 4. The topological polar surface area (TPSA) is 61.9 Å². The molecule has 10 heteroatoms. The number of imidazole rings is 1. The van der Waals surface area contributed by atoms with Crippen LogP contribution in [-0.2, 0) is 7.05 Å². The third kappa shape index (κ3) is 3.88. The molecule has 0 aliphatic rings. The Morgan fingerprint density at radius 3 is 2.53 bits per heavy atom. The number of pyridine rings is 2. The molecular weight excluding hydrogens is 469 g/mol. The van der Waals surface area contributed by atoms with Crippen molar-refractivity contribution >= 4 is 33.5 Å². The number of halogens is 4. The Bertz CT molecular complexity index is 1580. The molecule has 5 aromatic rings. The van der Waals surface area contributed by atoms with E-state index in [4.69, 9.17) is 11.6 Å². The van der Waals surface area contributed by atoms with E-state index in [2.05, 4.69) is 14.7 Å². The van der Waals surface area contributed by atoms with Crippen molar-refractivity contribution in [3.8, 4) is 22.7 Å². The lowest BCUT2D eigenvalue weighted by molar-refractivity contribution is -0.0688. The predicted molar refractivity (Wildman–Crippen MR) is 124 cm³/mol. The van der Waals surface area contributed by atoms with Crippen molar-refractivity contribution in [3.63, 3.8) is 0 Å². The molecule has 0 amide bonds. The molecule has 34 heavy (non-hydrogen) atoms. The van der Waals surface area contributed by atoms with E-state index in [1.165, 1.54) is 16.7 Å². The van der Waals surface area contributed by atoms with E-state index in [9.17, 15) is 18.0 Å². The van der Waals surface area contributed by atoms with Crippen LogP contribution in [0.15, 0.2) is 71.9 Å². The number of aromatic nitrogens is 4. The zero-order valence-electron chi connectivity index (χ0n) is 17.6. The first-order valence-electron chi connectivity index (χ1n) is 10.1. The van der Waals surface area contributed by atoms with Crippen molar-refractivity contribution < 1.29 is 17.9 Å². The highest BCUT2D eigenvalue weighted by Crippen LogP contribution is 2.29. The average Bonchev–Trinajstić information content (AvgIpc) is 3.19. The fourth-order valence-corrected chi connectivity index (χ4v) is 3.87. The van der Waals surface area contributed by atoms with Crippen LogP contribution in [0.2, 0.25) is 5.02 Å². The second kappa shape index (κ2) is 8.49. The van der Waals surface area contributed by atoms with Crippen LogP contribution >= 0.6 is 11.6 Å². The van der Waals surface area contributed by atoms with Crippen molar-refractivity contribution in [1.29, 1.82) is 0 Å². The van der Waals surface area contributed by atoms with Gasteiger partial charge in [-0.05, 0) is 42.0 Å². The minimum Gasteiger partial charge on any atom is -0.437 e. The molecule has 0 bridgehead atoms. The van der Waals surface area contributed by atoms with Crippen LogP contribution in [0, 0.1) is 0 Å². The molecule has 0 aliphatic carbocycles. The van der Waals surface area contributed by atoms with Crippen molar-refractivity contribution in [2.24, 2.45) is 7.05 Å². The predicted octanol–water partition coefficient (Wildman–Crippen LogP) is 5.53. The summed E-state index contributed by atoms with van der Waals surface area (Å²) in [6.07, 6.45) is -2.90. The zero-order valence-corrected chi connectivity index (χ0v) is 18.4. The number of benzene rings is 2. The summed E-state index contributed by atoms with van der Waals surface area (Å²) in [6.45, 7) is 0. The van der Waals surface area contributed by atoms with E-state index in [0.717, 1.165) is 11.0 Å². The zero-order chi connectivity index (χ0) is 24.0. The minimum absolute atomic E-state index is 0.184. The van der Waals surface area contributed by atoms with E-state index in [1.807, 2.05) is 23.7 Å². The fraction of sp³-hybridized carbons (Fsp3) is 0.125. The molecule has 3 aromatic heterocycles. The van der Waals surface area contributed by atoms with Gasteiger partial charge < -0.3 is 9.30 Å². The SMILES string of the molecule is Cn1cnc2ccc(-n3cc4ccc(OC(F)C(F)F)nc4c(-c4ccc(Cl)cc4)c3=O)cc21. The number of hydrogen-bond donors (Lipinski definition) is 0. The molecule has 6 nitrogen and oxygen atoms in total. The van der Waals surface area contributed by atoms with Gasteiger partial charge in [0, 0.05) is 29.7 Å². The first kappa shape index (κ1) is 22.0. The van der Waals surface area contributed by atoms with Crippen LogP contribution in [0.3, 0.4) is 0 Å². The quantitative estimate of drug-likeness (QED) is 0.329. The highest BCUT2D eigenvalue weighted by Gasteiger charge is 2.22. The van der Waals surface area contributed by atoms with Gasteiger partial charge in [0.05, 0.1) is 34.1 Å². The number of rotatable bonds is 5. The van der Waals surface area contributed by atoms with Crippen molar-refractivity contribution in [2.45, 2.75) is 12.8 Å². The molecule has 0 N–H and O–H groups in total. The van der Waals surface area contributed by atoms with E-state index < -0.39 is 18.3 Å². The Balaban J connectivity index is 1.76. The highest BCUT2D eigenvalue weighted by molar-refractivity contribution is 6.30. The van der Waals surface area contributed by atoms with Crippen molar-refractivity contribution in [3.05, 3.63) is 82.5 Å². The summed E-state index contributed by atoms with van der Waals surface area (Å²) in [7, 11) is 1.85. The first-order valence-corrected chi connectivity index (χ1v) is 10.5. The van der Waals surface area contributed by atoms with Gasteiger partial charge in [0.25, 0.3) is 11.9 Å². The van der Waals surface area contributed by atoms with Gasteiger partial charge in [-0.3, -0.25) is 9.36 Å². The van der Waals surface area contributed by atoms with E-state index in [0.29, 0.717) is 21.7 Å². The number of aryl methyl sites for hydroxylation is 1. The molecule has 5 rings (SSSR count). The molecule has 0 saturated heterocycles. The highest BCUT2D eigenvalue weighted by atomic mass is 35.5. The largest absolute Gasteiger partial charge is 0.437 e. The van der Waals surface area contributed by atoms with Gasteiger partial charge in [0.1, 0.15) is 0 Å². The lowest BCUT2D eigenvalue weighted by Gasteiger charge is -2.14. The molecule has 0 spiro atoms.